The highest BCUT2D eigenvalue weighted by atomic mass is 16.4. The summed E-state index contributed by atoms with van der Waals surface area (Å²) in [6, 6.07) is 0. The van der Waals surface area contributed by atoms with Crippen LogP contribution in [0.5, 0.6) is 0 Å². The second kappa shape index (κ2) is 4.30. The van der Waals surface area contributed by atoms with Crippen LogP contribution in [0.25, 0.3) is 0 Å². The van der Waals surface area contributed by atoms with Crippen LogP contribution >= 0.6 is 0 Å². The molecule has 4 nitrogen and oxygen atoms in total. The molecule has 4 heteroatoms. The van der Waals surface area contributed by atoms with Crippen molar-refractivity contribution < 1.29 is 5.21 Å². The van der Waals surface area contributed by atoms with Crippen molar-refractivity contribution in [1.29, 1.82) is 0 Å². The van der Waals surface area contributed by atoms with Crippen molar-refractivity contribution >= 4 is 5.84 Å². The molecule has 0 aromatic rings. The van der Waals surface area contributed by atoms with E-state index in [2.05, 4.69) is 25.9 Å². The number of nitrogens with two attached hydrogens (primary N) is 1. The Balaban J connectivity index is 3.82. The quantitative estimate of drug-likeness (QED) is 0.286. The first-order valence-corrected chi connectivity index (χ1v) is 4.00. The Hall–Kier alpha value is -0.770. The lowest BCUT2D eigenvalue weighted by Crippen LogP contribution is -2.36. The molecule has 0 radical (unpaired) electrons. The molecule has 0 aliphatic carbocycles. The van der Waals surface area contributed by atoms with E-state index in [1.165, 1.54) is 0 Å². The zero-order valence-corrected chi connectivity index (χ0v) is 8.33. The average Bonchev–Trinajstić information content (AvgIpc) is 1.82. The third-order valence-electron chi connectivity index (χ3n) is 1.30. The molecule has 0 rings (SSSR count). The first kappa shape index (κ1) is 11.2. The Kier molecular flexibility index (Phi) is 4.03. The topological polar surface area (TPSA) is 61.8 Å². The maximum atomic E-state index is 8.32. The molecule has 0 spiro atoms. The second-order valence-corrected chi connectivity index (χ2v) is 4.32. The fourth-order valence-electron chi connectivity index (χ4n) is 1.17. The first-order valence-electron chi connectivity index (χ1n) is 4.00. The Bertz CT molecular complexity index is 160. The highest BCUT2D eigenvalue weighted by Crippen LogP contribution is 2.13. The van der Waals surface area contributed by atoms with Gasteiger partial charge in [0.05, 0.1) is 6.54 Å². The van der Waals surface area contributed by atoms with Crippen LogP contribution in [0.15, 0.2) is 5.16 Å². The van der Waals surface area contributed by atoms with E-state index in [1.54, 1.807) is 0 Å². The second-order valence-electron chi connectivity index (χ2n) is 4.32. The zero-order chi connectivity index (χ0) is 9.78. The van der Waals surface area contributed by atoms with Gasteiger partial charge in [-0.1, -0.05) is 25.9 Å². The van der Waals surface area contributed by atoms with Crippen molar-refractivity contribution in [3.05, 3.63) is 0 Å². The van der Waals surface area contributed by atoms with Gasteiger partial charge in [-0.2, -0.15) is 0 Å². The van der Waals surface area contributed by atoms with Gasteiger partial charge in [0.1, 0.15) is 0 Å². The number of amidine groups is 1. The van der Waals surface area contributed by atoms with Crippen molar-refractivity contribution in [2.24, 2.45) is 16.3 Å². The van der Waals surface area contributed by atoms with E-state index in [0.29, 0.717) is 6.54 Å². The van der Waals surface area contributed by atoms with Gasteiger partial charge in [0.15, 0.2) is 5.84 Å². The SMILES string of the molecule is CN(CC(N)=NO)CC(C)(C)C. The zero-order valence-electron chi connectivity index (χ0n) is 8.33. The number of likely N-dealkylation sites (N-methyl/N-ethyl adjacent to an activating group) is 1. The van der Waals surface area contributed by atoms with Gasteiger partial charge in [-0.25, -0.2) is 0 Å². The number of hydrogen-bond acceptors (Lipinski definition) is 3. The summed E-state index contributed by atoms with van der Waals surface area (Å²) < 4.78 is 0. The van der Waals surface area contributed by atoms with Gasteiger partial charge in [0, 0.05) is 6.54 Å². The van der Waals surface area contributed by atoms with Crippen LogP contribution in [-0.4, -0.2) is 36.1 Å². The van der Waals surface area contributed by atoms with Crippen LogP contribution in [0.3, 0.4) is 0 Å². The highest BCUT2D eigenvalue weighted by Gasteiger charge is 2.13. The molecule has 0 saturated heterocycles. The molecule has 0 fully saturated rings. The van der Waals surface area contributed by atoms with Gasteiger partial charge in [-0.3, -0.25) is 4.90 Å². The number of hydrogen-bond donors (Lipinski definition) is 2. The summed E-state index contributed by atoms with van der Waals surface area (Å²) in [5.74, 6) is 0.252. The maximum Gasteiger partial charge on any atom is 0.153 e. The van der Waals surface area contributed by atoms with Crippen molar-refractivity contribution in [2.75, 3.05) is 20.1 Å². The van der Waals surface area contributed by atoms with E-state index in [-0.39, 0.29) is 11.3 Å². The summed E-state index contributed by atoms with van der Waals surface area (Å²) in [6.45, 7) is 7.87. The van der Waals surface area contributed by atoms with Crippen LogP contribution in [0.1, 0.15) is 20.8 Å². The van der Waals surface area contributed by atoms with E-state index in [1.807, 2.05) is 11.9 Å². The van der Waals surface area contributed by atoms with E-state index in [9.17, 15) is 0 Å². The predicted molar refractivity (Wildman–Crippen MR) is 50.4 cm³/mol. The summed E-state index contributed by atoms with van der Waals surface area (Å²) in [7, 11) is 1.95. The van der Waals surface area contributed by atoms with Gasteiger partial charge in [-0.05, 0) is 12.5 Å². The smallest absolute Gasteiger partial charge is 0.153 e. The summed E-state index contributed by atoms with van der Waals surface area (Å²) in [5, 5.41) is 11.2. The Morgan fingerprint density at radius 3 is 2.33 bits per heavy atom. The third-order valence-corrected chi connectivity index (χ3v) is 1.30. The van der Waals surface area contributed by atoms with Crippen LogP contribution in [0, 0.1) is 5.41 Å². The summed E-state index contributed by atoms with van der Waals surface area (Å²) in [6.07, 6.45) is 0. The largest absolute Gasteiger partial charge is 0.409 e. The lowest BCUT2D eigenvalue weighted by Gasteiger charge is -2.25. The number of rotatable bonds is 3. The molecule has 0 aliphatic rings. The van der Waals surface area contributed by atoms with E-state index in [4.69, 9.17) is 10.9 Å². The molecule has 12 heavy (non-hydrogen) atoms. The van der Waals surface area contributed by atoms with Crippen molar-refractivity contribution in [3.63, 3.8) is 0 Å². The molecule has 0 amide bonds. The summed E-state index contributed by atoms with van der Waals surface area (Å²) in [5.41, 5.74) is 5.59. The lowest BCUT2D eigenvalue weighted by atomic mass is 9.96. The van der Waals surface area contributed by atoms with E-state index in [0.717, 1.165) is 6.54 Å². The molecular formula is C8H19N3O. The van der Waals surface area contributed by atoms with E-state index >= 15 is 0 Å². The molecule has 0 saturated carbocycles. The van der Waals surface area contributed by atoms with Gasteiger partial charge in [-0.15, -0.1) is 0 Å². The van der Waals surface area contributed by atoms with Crippen LogP contribution in [0.4, 0.5) is 0 Å². The highest BCUT2D eigenvalue weighted by molar-refractivity contribution is 5.81. The minimum absolute atomic E-state index is 0.241. The van der Waals surface area contributed by atoms with Crippen LogP contribution in [0.2, 0.25) is 0 Å². The van der Waals surface area contributed by atoms with E-state index < -0.39 is 0 Å². The van der Waals surface area contributed by atoms with Gasteiger partial charge in [0.2, 0.25) is 0 Å². The Labute approximate surface area is 74.0 Å². The molecular weight excluding hydrogens is 154 g/mol. The van der Waals surface area contributed by atoms with Crippen molar-refractivity contribution in [1.82, 2.24) is 4.90 Å². The normalized spacial score (nSPS) is 13.9. The molecule has 3 N–H and O–H groups in total. The molecule has 0 aliphatic heterocycles. The maximum absolute atomic E-state index is 8.32. The Morgan fingerprint density at radius 2 is 2.00 bits per heavy atom. The molecule has 0 unspecified atom stereocenters. The summed E-state index contributed by atoms with van der Waals surface area (Å²) in [4.78, 5) is 2.02. The van der Waals surface area contributed by atoms with Crippen LogP contribution in [-0.2, 0) is 0 Å². The molecule has 0 aromatic carbocycles. The molecule has 0 atom stereocenters. The first-order chi connectivity index (χ1) is 5.35. The third kappa shape index (κ3) is 5.97. The average molecular weight is 173 g/mol. The Morgan fingerprint density at radius 1 is 1.50 bits per heavy atom. The monoisotopic (exact) mass is 173 g/mol. The van der Waals surface area contributed by atoms with Crippen molar-refractivity contribution in [2.45, 2.75) is 20.8 Å². The minimum Gasteiger partial charge on any atom is -0.409 e. The molecule has 0 heterocycles. The van der Waals surface area contributed by atoms with Gasteiger partial charge in [0.25, 0.3) is 0 Å². The van der Waals surface area contributed by atoms with Gasteiger partial charge >= 0.3 is 0 Å². The summed E-state index contributed by atoms with van der Waals surface area (Å²) >= 11 is 0. The number of nitrogens with zero attached hydrogens (tertiary/aromatic N) is 2. The fourth-order valence-corrected chi connectivity index (χ4v) is 1.17. The van der Waals surface area contributed by atoms with Gasteiger partial charge < -0.3 is 10.9 Å². The lowest BCUT2D eigenvalue weighted by molar-refractivity contribution is 0.245. The van der Waals surface area contributed by atoms with Crippen LogP contribution < -0.4 is 5.73 Å². The van der Waals surface area contributed by atoms with Crippen molar-refractivity contribution in [3.8, 4) is 0 Å². The molecule has 0 aromatic heterocycles. The molecule has 0 bridgehead atoms. The molecule has 72 valence electrons. The predicted octanol–water partition coefficient (Wildman–Crippen LogP) is 0.711. The minimum atomic E-state index is 0.241. The number of oxime groups is 1. The standard InChI is InChI=1S/C8H19N3O/c1-8(2,3)6-11(4)5-7(9)10-12/h12H,5-6H2,1-4H3,(H2,9,10). The fraction of sp³-hybridized carbons (Fsp3) is 0.875.